The van der Waals surface area contributed by atoms with Crippen molar-refractivity contribution in [3.05, 3.63) is 24.3 Å². The van der Waals surface area contributed by atoms with Gasteiger partial charge in [-0.25, -0.2) is 0 Å². The standard InChI is InChI=1S/C14H20N2O/c1-4-11(5-2)14(10-15)16-12-6-8-13(17-3)9-7-12/h6-9,11,14,16H,4-5H2,1-3H3. The third kappa shape index (κ3) is 3.67. The van der Waals surface area contributed by atoms with Gasteiger partial charge >= 0.3 is 0 Å². The number of anilines is 1. The van der Waals surface area contributed by atoms with E-state index < -0.39 is 0 Å². The van der Waals surface area contributed by atoms with Crippen LogP contribution in [-0.4, -0.2) is 13.2 Å². The number of benzene rings is 1. The van der Waals surface area contributed by atoms with Gasteiger partial charge in [-0.2, -0.15) is 5.26 Å². The Morgan fingerprint density at radius 3 is 2.24 bits per heavy atom. The predicted molar refractivity (Wildman–Crippen MR) is 70.1 cm³/mol. The fourth-order valence-corrected chi connectivity index (χ4v) is 1.88. The fourth-order valence-electron chi connectivity index (χ4n) is 1.88. The molecule has 0 spiro atoms. The molecular formula is C14H20N2O. The van der Waals surface area contributed by atoms with Crippen LogP contribution in [0.5, 0.6) is 5.75 Å². The van der Waals surface area contributed by atoms with Crippen LogP contribution in [0, 0.1) is 17.2 Å². The first-order chi connectivity index (χ1) is 8.24. The fraction of sp³-hybridized carbons (Fsp3) is 0.500. The number of nitrogens with one attached hydrogen (secondary N) is 1. The van der Waals surface area contributed by atoms with Crippen LogP contribution in [-0.2, 0) is 0 Å². The maximum absolute atomic E-state index is 9.18. The lowest BCUT2D eigenvalue weighted by Crippen LogP contribution is -2.26. The summed E-state index contributed by atoms with van der Waals surface area (Å²) in [5.41, 5.74) is 0.962. The molecule has 0 radical (unpaired) electrons. The zero-order valence-corrected chi connectivity index (χ0v) is 10.7. The van der Waals surface area contributed by atoms with Crippen LogP contribution in [0.3, 0.4) is 0 Å². The zero-order chi connectivity index (χ0) is 12.7. The van der Waals surface area contributed by atoms with Gasteiger partial charge < -0.3 is 10.1 Å². The van der Waals surface area contributed by atoms with E-state index in [-0.39, 0.29) is 6.04 Å². The number of rotatable bonds is 6. The molecule has 0 heterocycles. The van der Waals surface area contributed by atoms with Crippen molar-refractivity contribution in [2.45, 2.75) is 32.7 Å². The van der Waals surface area contributed by atoms with Crippen molar-refractivity contribution in [1.29, 1.82) is 5.26 Å². The molecule has 1 aromatic carbocycles. The van der Waals surface area contributed by atoms with Gasteiger partial charge in [-0.15, -0.1) is 0 Å². The van der Waals surface area contributed by atoms with Crippen molar-refractivity contribution in [3.63, 3.8) is 0 Å². The highest BCUT2D eigenvalue weighted by atomic mass is 16.5. The van der Waals surface area contributed by atoms with Crippen LogP contribution < -0.4 is 10.1 Å². The summed E-state index contributed by atoms with van der Waals surface area (Å²) in [6, 6.07) is 9.87. The lowest BCUT2D eigenvalue weighted by atomic mass is 9.95. The molecule has 3 heteroatoms. The van der Waals surface area contributed by atoms with Gasteiger partial charge in [0.25, 0.3) is 0 Å². The number of hydrogen-bond acceptors (Lipinski definition) is 3. The van der Waals surface area contributed by atoms with E-state index >= 15 is 0 Å². The normalized spacial score (nSPS) is 11.9. The Kier molecular flexibility index (Phi) is 5.35. The molecule has 0 saturated heterocycles. The zero-order valence-electron chi connectivity index (χ0n) is 10.7. The molecule has 0 bridgehead atoms. The summed E-state index contributed by atoms with van der Waals surface area (Å²) in [7, 11) is 1.64. The minimum absolute atomic E-state index is 0.126. The molecular weight excluding hydrogens is 212 g/mol. The molecule has 1 N–H and O–H groups in total. The first kappa shape index (κ1) is 13.4. The number of methoxy groups -OCH3 is 1. The van der Waals surface area contributed by atoms with Gasteiger partial charge in [-0.3, -0.25) is 0 Å². The third-order valence-corrected chi connectivity index (χ3v) is 3.07. The van der Waals surface area contributed by atoms with E-state index in [0.29, 0.717) is 5.92 Å². The monoisotopic (exact) mass is 232 g/mol. The van der Waals surface area contributed by atoms with Crippen LogP contribution in [0.25, 0.3) is 0 Å². The first-order valence-electron chi connectivity index (χ1n) is 6.05. The van der Waals surface area contributed by atoms with Gasteiger partial charge in [-0.1, -0.05) is 26.7 Å². The molecule has 0 amide bonds. The smallest absolute Gasteiger partial charge is 0.119 e. The molecule has 1 unspecified atom stereocenters. The topological polar surface area (TPSA) is 45.0 Å². The summed E-state index contributed by atoms with van der Waals surface area (Å²) < 4.78 is 5.10. The maximum Gasteiger partial charge on any atom is 0.119 e. The van der Waals surface area contributed by atoms with Gasteiger partial charge in [0.2, 0.25) is 0 Å². The highest BCUT2D eigenvalue weighted by molar-refractivity contribution is 5.48. The molecule has 0 saturated carbocycles. The highest BCUT2D eigenvalue weighted by Crippen LogP contribution is 2.20. The highest BCUT2D eigenvalue weighted by Gasteiger charge is 2.17. The molecule has 0 aliphatic rings. The van der Waals surface area contributed by atoms with E-state index in [1.165, 1.54) is 0 Å². The Hall–Kier alpha value is -1.69. The third-order valence-electron chi connectivity index (χ3n) is 3.07. The Labute approximate surface area is 103 Å². The summed E-state index contributed by atoms with van der Waals surface area (Å²) >= 11 is 0. The quantitative estimate of drug-likeness (QED) is 0.817. The van der Waals surface area contributed by atoms with E-state index in [9.17, 15) is 5.26 Å². The minimum atomic E-state index is -0.126. The Morgan fingerprint density at radius 2 is 1.82 bits per heavy atom. The molecule has 3 nitrogen and oxygen atoms in total. The molecule has 17 heavy (non-hydrogen) atoms. The van der Waals surface area contributed by atoms with Crippen molar-refractivity contribution >= 4 is 5.69 Å². The molecule has 1 aromatic rings. The number of hydrogen-bond donors (Lipinski definition) is 1. The van der Waals surface area contributed by atoms with Crippen molar-refractivity contribution in [1.82, 2.24) is 0 Å². The second-order valence-electron chi connectivity index (χ2n) is 4.06. The number of nitriles is 1. The van der Waals surface area contributed by atoms with Crippen molar-refractivity contribution in [2.75, 3.05) is 12.4 Å². The van der Waals surface area contributed by atoms with Crippen LogP contribution in [0.4, 0.5) is 5.69 Å². The van der Waals surface area contributed by atoms with E-state index in [1.807, 2.05) is 24.3 Å². The van der Waals surface area contributed by atoms with Gasteiger partial charge in [0, 0.05) is 5.69 Å². The average molecular weight is 232 g/mol. The molecule has 0 aliphatic carbocycles. The molecule has 1 atom stereocenters. The molecule has 0 aromatic heterocycles. The lowest BCUT2D eigenvalue weighted by Gasteiger charge is -2.21. The summed E-state index contributed by atoms with van der Waals surface area (Å²) in [5.74, 6) is 1.22. The van der Waals surface area contributed by atoms with Crippen molar-refractivity contribution in [3.8, 4) is 11.8 Å². The second-order valence-corrected chi connectivity index (χ2v) is 4.06. The molecule has 92 valence electrons. The lowest BCUT2D eigenvalue weighted by molar-refractivity contribution is 0.415. The van der Waals surface area contributed by atoms with Crippen LogP contribution in [0.2, 0.25) is 0 Å². The summed E-state index contributed by atoms with van der Waals surface area (Å²) in [5, 5.41) is 12.4. The van der Waals surface area contributed by atoms with Crippen LogP contribution >= 0.6 is 0 Å². The predicted octanol–water partition coefficient (Wildman–Crippen LogP) is 3.44. The Bertz CT molecular complexity index is 363. The maximum atomic E-state index is 9.18. The largest absolute Gasteiger partial charge is 0.497 e. The van der Waals surface area contributed by atoms with E-state index in [4.69, 9.17) is 4.74 Å². The van der Waals surface area contributed by atoms with Gasteiger partial charge in [0.15, 0.2) is 0 Å². The minimum Gasteiger partial charge on any atom is -0.497 e. The molecule has 0 aliphatic heterocycles. The van der Waals surface area contributed by atoms with E-state index in [1.54, 1.807) is 7.11 Å². The Morgan fingerprint density at radius 1 is 1.24 bits per heavy atom. The molecule has 0 fully saturated rings. The van der Waals surface area contributed by atoms with Crippen LogP contribution in [0.15, 0.2) is 24.3 Å². The number of nitrogens with zero attached hydrogens (tertiary/aromatic N) is 1. The van der Waals surface area contributed by atoms with Crippen LogP contribution in [0.1, 0.15) is 26.7 Å². The molecule has 1 rings (SSSR count). The summed E-state index contributed by atoms with van der Waals surface area (Å²) in [4.78, 5) is 0. The number of ether oxygens (including phenoxy) is 1. The SMILES string of the molecule is CCC(CC)C(C#N)Nc1ccc(OC)cc1. The van der Waals surface area contributed by atoms with E-state index in [2.05, 4.69) is 25.2 Å². The van der Waals surface area contributed by atoms with Gasteiger partial charge in [0.1, 0.15) is 11.8 Å². The second kappa shape index (κ2) is 6.80. The van der Waals surface area contributed by atoms with Crippen molar-refractivity contribution in [2.24, 2.45) is 5.92 Å². The van der Waals surface area contributed by atoms with Gasteiger partial charge in [-0.05, 0) is 30.2 Å². The van der Waals surface area contributed by atoms with Crippen molar-refractivity contribution < 1.29 is 4.74 Å². The summed E-state index contributed by atoms with van der Waals surface area (Å²) in [6.07, 6.45) is 2.02. The Balaban J connectivity index is 2.70. The van der Waals surface area contributed by atoms with Gasteiger partial charge in [0.05, 0.1) is 13.2 Å². The average Bonchev–Trinajstić information content (AvgIpc) is 2.39. The first-order valence-corrected chi connectivity index (χ1v) is 6.05. The summed E-state index contributed by atoms with van der Waals surface area (Å²) in [6.45, 7) is 4.24. The van der Waals surface area contributed by atoms with E-state index in [0.717, 1.165) is 24.3 Å².